The summed E-state index contributed by atoms with van der Waals surface area (Å²) in [7, 11) is 1.63. The molecule has 5 nitrogen and oxygen atoms in total. The Kier molecular flexibility index (Phi) is 4.31. The van der Waals surface area contributed by atoms with Gasteiger partial charge in [-0.3, -0.25) is 0 Å². The second-order valence-corrected chi connectivity index (χ2v) is 5.85. The smallest absolute Gasteiger partial charge is 0.215 e. The molecular formula is C15H21ClN4O. The quantitative estimate of drug-likeness (QED) is 0.797. The number of likely N-dealkylation sites (tertiary alicyclic amines) is 1. The van der Waals surface area contributed by atoms with Crippen molar-refractivity contribution in [1.29, 1.82) is 0 Å². The molecule has 0 radical (unpaired) electrons. The van der Waals surface area contributed by atoms with Gasteiger partial charge in [-0.1, -0.05) is 0 Å². The molecule has 2 aromatic rings. The van der Waals surface area contributed by atoms with Gasteiger partial charge >= 0.3 is 0 Å². The summed E-state index contributed by atoms with van der Waals surface area (Å²) in [5.74, 6) is 1.88. The van der Waals surface area contributed by atoms with Gasteiger partial charge in [-0.15, -0.1) is 11.6 Å². The fourth-order valence-corrected chi connectivity index (χ4v) is 3.28. The van der Waals surface area contributed by atoms with E-state index in [1.807, 2.05) is 12.1 Å². The number of fused-ring (bicyclic) bond motifs is 1. The van der Waals surface area contributed by atoms with Gasteiger partial charge < -0.3 is 14.2 Å². The van der Waals surface area contributed by atoms with Gasteiger partial charge in [-0.2, -0.15) is 4.98 Å². The molecule has 0 spiro atoms. The van der Waals surface area contributed by atoms with E-state index in [2.05, 4.69) is 26.4 Å². The van der Waals surface area contributed by atoms with Crippen molar-refractivity contribution in [2.45, 2.75) is 31.7 Å². The molecule has 0 bridgehead atoms. The van der Waals surface area contributed by atoms with E-state index in [1.165, 1.54) is 25.9 Å². The number of hydrogen-bond acceptors (Lipinski definition) is 4. The number of ether oxygens (including phenoxy) is 1. The fraction of sp³-hybridized carbons (Fsp3) is 0.600. The molecular weight excluding hydrogens is 288 g/mol. The summed E-state index contributed by atoms with van der Waals surface area (Å²) in [5, 5.41) is 0. The van der Waals surface area contributed by atoms with Crippen LogP contribution in [0.3, 0.4) is 0 Å². The first kappa shape index (κ1) is 14.6. The summed E-state index contributed by atoms with van der Waals surface area (Å²) in [5.41, 5.74) is 1.73. The summed E-state index contributed by atoms with van der Waals surface area (Å²) in [6.45, 7) is 5.58. The normalized spacial score (nSPS) is 17.5. The third kappa shape index (κ3) is 2.85. The number of nitrogens with zero attached hydrogens (tertiary/aromatic N) is 4. The van der Waals surface area contributed by atoms with Crippen LogP contribution < -0.4 is 4.74 Å². The molecule has 114 valence electrons. The van der Waals surface area contributed by atoms with Gasteiger partial charge in [-0.05, 0) is 38.9 Å². The molecule has 3 heterocycles. The number of aromatic nitrogens is 3. The van der Waals surface area contributed by atoms with E-state index in [1.54, 1.807) is 7.11 Å². The lowest BCUT2D eigenvalue weighted by Crippen LogP contribution is -2.27. The molecule has 21 heavy (non-hydrogen) atoms. The summed E-state index contributed by atoms with van der Waals surface area (Å²) in [6.07, 6.45) is 2.59. The Balaban J connectivity index is 1.97. The zero-order valence-corrected chi connectivity index (χ0v) is 13.3. The predicted molar refractivity (Wildman–Crippen MR) is 84.0 cm³/mol. The van der Waals surface area contributed by atoms with Gasteiger partial charge in [0.15, 0.2) is 5.65 Å². The van der Waals surface area contributed by atoms with Gasteiger partial charge in [-0.25, -0.2) is 4.98 Å². The molecule has 1 aliphatic heterocycles. The van der Waals surface area contributed by atoms with Crippen molar-refractivity contribution in [2.75, 3.05) is 26.7 Å². The minimum absolute atomic E-state index is 0.293. The topological polar surface area (TPSA) is 43.2 Å². The van der Waals surface area contributed by atoms with Gasteiger partial charge in [0.25, 0.3) is 0 Å². The zero-order valence-electron chi connectivity index (χ0n) is 12.5. The van der Waals surface area contributed by atoms with Crippen molar-refractivity contribution in [2.24, 2.45) is 0 Å². The van der Waals surface area contributed by atoms with Crippen LogP contribution in [-0.2, 0) is 5.88 Å². The number of rotatable bonds is 5. The molecule has 0 N–H and O–H groups in total. The Bertz CT molecular complexity index is 621. The molecule has 1 aliphatic rings. The molecule has 2 aromatic heterocycles. The van der Waals surface area contributed by atoms with Gasteiger partial charge in [0.2, 0.25) is 5.88 Å². The van der Waals surface area contributed by atoms with Crippen LogP contribution in [0.1, 0.15) is 31.6 Å². The maximum atomic E-state index is 6.08. The standard InChI is InChI=1S/C15H21ClN4O/c1-11(10-19-7-3-4-8-19)20-13(9-16)17-12-5-6-14(21-2)18-15(12)20/h5-6,11H,3-4,7-10H2,1-2H3. The third-order valence-electron chi connectivity index (χ3n) is 4.08. The molecule has 1 atom stereocenters. The molecule has 0 saturated carbocycles. The van der Waals surface area contributed by atoms with E-state index in [4.69, 9.17) is 16.3 Å². The number of imidazole rings is 1. The molecule has 0 aromatic carbocycles. The number of methoxy groups -OCH3 is 1. The molecule has 0 aliphatic carbocycles. The minimum atomic E-state index is 0.293. The summed E-state index contributed by atoms with van der Waals surface area (Å²) < 4.78 is 7.39. The highest BCUT2D eigenvalue weighted by Gasteiger charge is 2.21. The lowest BCUT2D eigenvalue weighted by Gasteiger charge is -2.22. The highest BCUT2D eigenvalue weighted by molar-refractivity contribution is 6.16. The van der Waals surface area contributed by atoms with Crippen LogP contribution in [0.4, 0.5) is 0 Å². The van der Waals surface area contributed by atoms with Crippen LogP contribution in [-0.4, -0.2) is 46.2 Å². The van der Waals surface area contributed by atoms with Crippen molar-refractivity contribution in [3.8, 4) is 5.88 Å². The minimum Gasteiger partial charge on any atom is -0.481 e. The van der Waals surface area contributed by atoms with E-state index >= 15 is 0 Å². The van der Waals surface area contributed by atoms with Crippen molar-refractivity contribution in [1.82, 2.24) is 19.4 Å². The summed E-state index contributed by atoms with van der Waals surface area (Å²) in [4.78, 5) is 11.7. The first-order valence-electron chi connectivity index (χ1n) is 7.43. The highest BCUT2D eigenvalue weighted by atomic mass is 35.5. The van der Waals surface area contributed by atoms with Crippen molar-refractivity contribution >= 4 is 22.8 Å². The van der Waals surface area contributed by atoms with Gasteiger partial charge in [0.05, 0.1) is 13.0 Å². The lowest BCUT2D eigenvalue weighted by atomic mass is 10.3. The van der Waals surface area contributed by atoms with Crippen LogP contribution in [0.15, 0.2) is 12.1 Å². The molecule has 0 amide bonds. The molecule has 1 unspecified atom stereocenters. The summed E-state index contributed by atoms with van der Waals surface area (Å²) in [6, 6.07) is 4.07. The molecule has 1 fully saturated rings. The van der Waals surface area contributed by atoms with Crippen molar-refractivity contribution < 1.29 is 4.74 Å². The Labute approximate surface area is 129 Å². The number of alkyl halides is 1. The van der Waals surface area contributed by atoms with Crippen LogP contribution in [0.5, 0.6) is 5.88 Å². The van der Waals surface area contributed by atoms with Gasteiger partial charge in [0.1, 0.15) is 11.3 Å². The SMILES string of the molecule is COc1ccc2nc(CCl)n(C(C)CN3CCCC3)c2n1. The van der Waals surface area contributed by atoms with E-state index in [-0.39, 0.29) is 0 Å². The van der Waals surface area contributed by atoms with Crippen LogP contribution in [0, 0.1) is 0 Å². The number of hydrogen-bond donors (Lipinski definition) is 0. The monoisotopic (exact) mass is 308 g/mol. The van der Waals surface area contributed by atoms with Crippen molar-refractivity contribution in [3.05, 3.63) is 18.0 Å². The molecule has 1 saturated heterocycles. The second-order valence-electron chi connectivity index (χ2n) is 5.58. The first-order valence-corrected chi connectivity index (χ1v) is 7.96. The molecule has 3 rings (SSSR count). The second kappa shape index (κ2) is 6.20. The lowest BCUT2D eigenvalue weighted by molar-refractivity contribution is 0.287. The predicted octanol–water partition coefficient (Wildman–Crippen LogP) is 2.84. The number of halogens is 1. The average Bonchev–Trinajstić information content (AvgIpc) is 3.12. The first-order chi connectivity index (χ1) is 10.2. The van der Waals surface area contributed by atoms with Crippen LogP contribution in [0.2, 0.25) is 0 Å². The van der Waals surface area contributed by atoms with Crippen molar-refractivity contribution in [3.63, 3.8) is 0 Å². The Hall–Kier alpha value is -1.33. The fourth-order valence-electron chi connectivity index (χ4n) is 3.09. The van der Waals surface area contributed by atoms with Crippen LogP contribution in [0.25, 0.3) is 11.2 Å². The summed E-state index contributed by atoms with van der Waals surface area (Å²) >= 11 is 6.08. The van der Waals surface area contributed by atoms with E-state index in [0.717, 1.165) is 23.5 Å². The number of pyridine rings is 1. The Morgan fingerprint density at radius 3 is 2.71 bits per heavy atom. The Morgan fingerprint density at radius 2 is 2.05 bits per heavy atom. The molecule has 6 heteroatoms. The Morgan fingerprint density at radius 1 is 1.29 bits per heavy atom. The highest BCUT2D eigenvalue weighted by Crippen LogP contribution is 2.24. The van der Waals surface area contributed by atoms with E-state index in [9.17, 15) is 0 Å². The third-order valence-corrected chi connectivity index (χ3v) is 4.31. The van der Waals surface area contributed by atoms with Gasteiger partial charge in [0, 0.05) is 18.7 Å². The zero-order chi connectivity index (χ0) is 14.8. The maximum Gasteiger partial charge on any atom is 0.215 e. The van der Waals surface area contributed by atoms with Crippen LogP contribution >= 0.6 is 11.6 Å². The van der Waals surface area contributed by atoms with E-state index < -0.39 is 0 Å². The largest absolute Gasteiger partial charge is 0.481 e. The average molecular weight is 309 g/mol. The maximum absolute atomic E-state index is 6.08. The van der Waals surface area contributed by atoms with E-state index in [0.29, 0.717) is 17.8 Å².